The summed E-state index contributed by atoms with van der Waals surface area (Å²) in [5, 5.41) is 0.494. The maximum atomic E-state index is 11.0. The van der Waals surface area contributed by atoms with E-state index in [1.54, 1.807) is 12.1 Å². The Bertz CT molecular complexity index is 347. The Morgan fingerprint density at radius 2 is 2.08 bits per heavy atom. The van der Waals surface area contributed by atoms with Crippen molar-refractivity contribution in [2.75, 3.05) is 0 Å². The average molecular weight is 196 g/mol. The van der Waals surface area contributed by atoms with Crippen LogP contribution in [0.4, 0.5) is 0 Å². The van der Waals surface area contributed by atoms with Gasteiger partial charge in [-0.05, 0) is 11.6 Å². The molecule has 3 heteroatoms. The van der Waals surface area contributed by atoms with Gasteiger partial charge >= 0.3 is 0 Å². The van der Waals surface area contributed by atoms with Gasteiger partial charge in [0.25, 0.3) is 0 Å². The zero-order valence-electron chi connectivity index (χ0n) is 7.09. The molecule has 0 saturated heterocycles. The van der Waals surface area contributed by atoms with Crippen molar-refractivity contribution in [3.63, 3.8) is 0 Å². The van der Waals surface area contributed by atoms with Gasteiger partial charge in [0.05, 0.1) is 0 Å². The highest BCUT2D eigenvalue weighted by molar-refractivity contribution is 6.29. The molecular formula is C10H10ClNO. The molecule has 0 aliphatic heterocycles. The summed E-state index contributed by atoms with van der Waals surface area (Å²) in [5.41, 5.74) is 6.50. The van der Waals surface area contributed by atoms with E-state index in [2.05, 4.69) is 6.58 Å². The molecule has 1 aromatic carbocycles. The summed E-state index contributed by atoms with van der Waals surface area (Å²) in [5.74, 6) is -0.437. The SMILES string of the molecule is C=C(Cl)Cc1ccccc1C(N)=O. The van der Waals surface area contributed by atoms with E-state index < -0.39 is 5.91 Å². The minimum absolute atomic E-state index is 0.437. The molecule has 0 heterocycles. The van der Waals surface area contributed by atoms with E-state index in [1.807, 2.05) is 12.1 Å². The molecule has 0 saturated carbocycles. The van der Waals surface area contributed by atoms with Crippen molar-refractivity contribution in [1.82, 2.24) is 0 Å². The second-order valence-corrected chi connectivity index (χ2v) is 3.25. The maximum absolute atomic E-state index is 11.0. The molecule has 0 fully saturated rings. The van der Waals surface area contributed by atoms with E-state index in [9.17, 15) is 4.79 Å². The number of primary amides is 1. The molecule has 0 unspecified atom stereocenters. The van der Waals surface area contributed by atoms with Gasteiger partial charge < -0.3 is 5.73 Å². The van der Waals surface area contributed by atoms with Gasteiger partial charge in [0.15, 0.2) is 0 Å². The molecule has 2 N–H and O–H groups in total. The second-order valence-electron chi connectivity index (χ2n) is 2.72. The van der Waals surface area contributed by atoms with E-state index in [4.69, 9.17) is 17.3 Å². The summed E-state index contributed by atoms with van der Waals surface area (Å²) in [6.45, 7) is 3.56. The zero-order valence-corrected chi connectivity index (χ0v) is 7.84. The van der Waals surface area contributed by atoms with Crippen LogP contribution in [0.25, 0.3) is 0 Å². The van der Waals surface area contributed by atoms with Crippen LogP contribution in [0.15, 0.2) is 35.9 Å². The number of hydrogen-bond acceptors (Lipinski definition) is 1. The van der Waals surface area contributed by atoms with Crippen LogP contribution in [-0.4, -0.2) is 5.91 Å². The number of carbonyl (C=O) groups excluding carboxylic acids is 1. The van der Waals surface area contributed by atoms with Crippen LogP contribution in [0.1, 0.15) is 15.9 Å². The molecule has 0 radical (unpaired) electrons. The van der Waals surface area contributed by atoms with Crippen molar-refractivity contribution < 1.29 is 4.79 Å². The van der Waals surface area contributed by atoms with Crippen LogP contribution in [-0.2, 0) is 6.42 Å². The first-order chi connectivity index (χ1) is 6.11. The largest absolute Gasteiger partial charge is 0.366 e. The Morgan fingerprint density at radius 3 is 2.62 bits per heavy atom. The molecule has 13 heavy (non-hydrogen) atoms. The summed E-state index contributed by atoms with van der Waals surface area (Å²) in [4.78, 5) is 11.0. The Morgan fingerprint density at radius 1 is 1.46 bits per heavy atom. The molecule has 1 aromatic rings. The lowest BCUT2D eigenvalue weighted by molar-refractivity contribution is 0.0999. The first-order valence-corrected chi connectivity index (χ1v) is 4.20. The molecular weight excluding hydrogens is 186 g/mol. The lowest BCUT2D eigenvalue weighted by Crippen LogP contribution is -2.13. The summed E-state index contributed by atoms with van der Waals surface area (Å²) in [7, 11) is 0. The number of allylic oxidation sites excluding steroid dienone is 1. The maximum Gasteiger partial charge on any atom is 0.248 e. The van der Waals surface area contributed by atoms with Crippen LogP contribution >= 0.6 is 11.6 Å². The molecule has 0 aliphatic carbocycles. The van der Waals surface area contributed by atoms with Gasteiger partial charge in [0.2, 0.25) is 5.91 Å². The lowest BCUT2D eigenvalue weighted by atomic mass is 10.0. The fourth-order valence-electron chi connectivity index (χ4n) is 1.12. The molecule has 1 amide bonds. The van der Waals surface area contributed by atoms with Gasteiger partial charge in [-0.1, -0.05) is 36.4 Å². The Labute approximate surface area is 82.0 Å². The predicted molar refractivity (Wildman–Crippen MR) is 53.7 cm³/mol. The summed E-state index contributed by atoms with van der Waals surface area (Å²) in [6.07, 6.45) is 0.473. The Hall–Kier alpha value is -1.28. The number of rotatable bonds is 3. The lowest BCUT2D eigenvalue weighted by Gasteiger charge is -2.04. The summed E-state index contributed by atoms with van der Waals surface area (Å²) in [6, 6.07) is 7.09. The number of nitrogens with two attached hydrogens (primary N) is 1. The first kappa shape index (κ1) is 9.81. The van der Waals surface area contributed by atoms with Gasteiger partial charge in [0, 0.05) is 17.0 Å². The number of hydrogen-bond donors (Lipinski definition) is 1. The summed E-state index contributed by atoms with van der Waals surface area (Å²) < 4.78 is 0. The minimum Gasteiger partial charge on any atom is -0.366 e. The monoisotopic (exact) mass is 195 g/mol. The van der Waals surface area contributed by atoms with Gasteiger partial charge in [-0.3, -0.25) is 4.79 Å². The Kier molecular flexibility index (Phi) is 3.09. The van der Waals surface area contributed by atoms with E-state index in [0.29, 0.717) is 17.0 Å². The van der Waals surface area contributed by atoms with Crippen LogP contribution in [0.3, 0.4) is 0 Å². The molecule has 68 valence electrons. The van der Waals surface area contributed by atoms with E-state index in [0.717, 1.165) is 5.56 Å². The van der Waals surface area contributed by atoms with Crippen LogP contribution in [0, 0.1) is 0 Å². The van der Waals surface area contributed by atoms with Crippen molar-refractivity contribution in [3.8, 4) is 0 Å². The molecule has 0 bridgehead atoms. The highest BCUT2D eigenvalue weighted by Gasteiger charge is 2.06. The standard InChI is InChI=1S/C10H10ClNO/c1-7(11)6-8-4-2-3-5-9(8)10(12)13/h2-5H,1,6H2,(H2,12,13). The third-order valence-corrected chi connectivity index (χ3v) is 1.80. The normalized spacial score (nSPS) is 9.62. The fourth-order valence-corrected chi connectivity index (χ4v) is 1.27. The third kappa shape index (κ3) is 2.60. The van der Waals surface area contributed by atoms with Crippen molar-refractivity contribution in [3.05, 3.63) is 47.0 Å². The number of carbonyl (C=O) groups is 1. The van der Waals surface area contributed by atoms with Gasteiger partial charge in [0.1, 0.15) is 0 Å². The molecule has 1 rings (SSSR count). The average Bonchev–Trinajstić information content (AvgIpc) is 2.03. The first-order valence-electron chi connectivity index (χ1n) is 3.82. The Balaban J connectivity index is 3.04. The molecule has 0 spiro atoms. The van der Waals surface area contributed by atoms with Gasteiger partial charge in [-0.25, -0.2) is 0 Å². The smallest absolute Gasteiger partial charge is 0.248 e. The van der Waals surface area contributed by atoms with Crippen LogP contribution in [0.2, 0.25) is 0 Å². The zero-order chi connectivity index (χ0) is 9.84. The van der Waals surface area contributed by atoms with Crippen molar-refractivity contribution in [1.29, 1.82) is 0 Å². The van der Waals surface area contributed by atoms with Gasteiger partial charge in [-0.2, -0.15) is 0 Å². The third-order valence-electron chi connectivity index (χ3n) is 1.67. The van der Waals surface area contributed by atoms with Gasteiger partial charge in [-0.15, -0.1) is 0 Å². The van der Waals surface area contributed by atoms with Crippen LogP contribution in [0.5, 0.6) is 0 Å². The minimum atomic E-state index is -0.437. The number of benzene rings is 1. The topological polar surface area (TPSA) is 43.1 Å². The highest BCUT2D eigenvalue weighted by Crippen LogP contribution is 2.14. The van der Waals surface area contributed by atoms with Crippen molar-refractivity contribution >= 4 is 17.5 Å². The van der Waals surface area contributed by atoms with Crippen LogP contribution < -0.4 is 5.73 Å². The molecule has 2 nitrogen and oxygen atoms in total. The summed E-state index contributed by atoms with van der Waals surface area (Å²) >= 11 is 5.64. The predicted octanol–water partition coefficient (Wildman–Crippen LogP) is 2.08. The molecule has 0 aliphatic rings. The van der Waals surface area contributed by atoms with Crippen molar-refractivity contribution in [2.24, 2.45) is 5.73 Å². The number of halogens is 1. The fraction of sp³-hybridized carbons (Fsp3) is 0.100. The van der Waals surface area contributed by atoms with Crippen molar-refractivity contribution in [2.45, 2.75) is 6.42 Å². The second kappa shape index (κ2) is 4.10. The quantitative estimate of drug-likeness (QED) is 0.789. The van der Waals surface area contributed by atoms with E-state index in [-0.39, 0.29) is 0 Å². The van der Waals surface area contributed by atoms with E-state index >= 15 is 0 Å². The number of amides is 1. The molecule has 0 atom stereocenters. The highest BCUT2D eigenvalue weighted by atomic mass is 35.5. The van der Waals surface area contributed by atoms with E-state index in [1.165, 1.54) is 0 Å². The molecule has 0 aromatic heterocycles.